The van der Waals surface area contributed by atoms with E-state index in [0.717, 1.165) is 12.8 Å². The molecular weight excluding hydrogens is 244 g/mol. The molecule has 0 aliphatic heterocycles. The molecule has 4 fully saturated rings. The van der Waals surface area contributed by atoms with E-state index in [1.807, 2.05) is 6.92 Å². The van der Waals surface area contributed by atoms with E-state index < -0.39 is 28.5 Å². The second kappa shape index (κ2) is 2.73. The molecule has 106 valence electrons. The molecular formula is C15H22O4. The second-order valence-electron chi connectivity index (χ2n) is 7.82. The van der Waals surface area contributed by atoms with Crippen LogP contribution in [0.1, 0.15) is 40.0 Å². The normalized spacial score (nSPS) is 66.1. The molecule has 4 heteroatoms. The fraction of sp³-hybridized carbons (Fsp3) is 0.933. The van der Waals surface area contributed by atoms with Gasteiger partial charge in [0.25, 0.3) is 0 Å². The van der Waals surface area contributed by atoms with E-state index >= 15 is 0 Å². The Labute approximate surface area is 112 Å². The maximum absolute atomic E-state index is 11.5. The van der Waals surface area contributed by atoms with Crippen LogP contribution in [0.15, 0.2) is 0 Å². The average molecular weight is 266 g/mol. The highest BCUT2D eigenvalue weighted by Crippen LogP contribution is 2.90. The van der Waals surface area contributed by atoms with Gasteiger partial charge in [-0.1, -0.05) is 20.8 Å². The Balaban J connectivity index is 1.94. The van der Waals surface area contributed by atoms with E-state index in [9.17, 15) is 20.1 Å². The lowest BCUT2D eigenvalue weighted by Gasteiger charge is -2.69. The summed E-state index contributed by atoms with van der Waals surface area (Å²) in [6, 6.07) is 0. The lowest BCUT2D eigenvalue weighted by Crippen LogP contribution is -2.80. The Morgan fingerprint density at radius 1 is 1.32 bits per heavy atom. The van der Waals surface area contributed by atoms with Gasteiger partial charge in [0.1, 0.15) is 5.60 Å². The number of carbonyl (C=O) groups is 1. The van der Waals surface area contributed by atoms with Crippen molar-refractivity contribution in [2.24, 2.45) is 34.5 Å². The van der Waals surface area contributed by atoms with Gasteiger partial charge in [-0.25, -0.2) is 0 Å². The van der Waals surface area contributed by atoms with Gasteiger partial charge in [0.05, 0.1) is 11.5 Å². The van der Waals surface area contributed by atoms with E-state index in [0.29, 0.717) is 6.42 Å². The lowest BCUT2D eigenvalue weighted by atomic mass is 9.39. The minimum atomic E-state index is -1.17. The predicted octanol–water partition coefficient (Wildman–Crippen LogP) is 1.26. The molecule has 19 heavy (non-hydrogen) atoms. The molecule has 0 amide bonds. The molecule has 0 saturated heterocycles. The first-order chi connectivity index (χ1) is 8.68. The SMILES string of the molecule is C[C@H](C(=O)O)[C@@]12CC[C@]3(C)[C@H]4[C@H](C)[C@@](O)(C[C@@H]31)[C@]42O. The topological polar surface area (TPSA) is 77.8 Å². The van der Waals surface area contributed by atoms with Crippen LogP contribution in [0.4, 0.5) is 0 Å². The molecule has 4 rings (SSSR count). The highest BCUT2D eigenvalue weighted by molar-refractivity contribution is 5.72. The van der Waals surface area contributed by atoms with Crippen LogP contribution in [0.5, 0.6) is 0 Å². The zero-order valence-corrected chi connectivity index (χ0v) is 11.7. The van der Waals surface area contributed by atoms with Crippen molar-refractivity contribution < 1.29 is 20.1 Å². The van der Waals surface area contributed by atoms with Crippen molar-refractivity contribution in [3.8, 4) is 0 Å². The molecule has 4 aliphatic carbocycles. The average Bonchev–Trinajstić information content (AvgIpc) is 2.77. The van der Waals surface area contributed by atoms with Gasteiger partial charge in [0.2, 0.25) is 0 Å². The summed E-state index contributed by atoms with van der Waals surface area (Å²) in [7, 11) is 0. The third-order valence-electron chi connectivity index (χ3n) is 7.94. The highest BCUT2D eigenvalue weighted by atomic mass is 16.4. The molecule has 3 N–H and O–H groups in total. The van der Waals surface area contributed by atoms with Crippen molar-refractivity contribution in [3.63, 3.8) is 0 Å². The molecule has 4 nitrogen and oxygen atoms in total. The number of rotatable bonds is 2. The summed E-state index contributed by atoms with van der Waals surface area (Å²) in [6.45, 7) is 5.93. The van der Waals surface area contributed by atoms with E-state index in [1.165, 1.54) is 0 Å². The summed E-state index contributed by atoms with van der Waals surface area (Å²) in [6.07, 6.45) is 2.31. The van der Waals surface area contributed by atoms with Gasteiger partial charge in [-0.15, -0.1) is 0 Å². The number of aliphatic carboxylic acids is 1. The minimum Gasteiger partial charge on any atom is -0.481 e. The summed E-state index contributed by atoms with van der Waals surface area (Å²) in [5.74, 6) is -1.12. The summed E-state index contributed by atoms with van der Waals surface area (Å²) in [5, 5.41) is 31.6. The molecule has 4 aliphatic rings. The van der Waals surface area contributed by atoms with Crippen LogP contribution in [0.3, 0.4) is 0 Å². The number of hydrogen-bond acceptors (Lipinski definition) is 3. The van der Waals surface area contributed by atoms with Crippen molar-refractivity contribution in [2.45, 2.75) is 51.2 Å². The molecule has 4 bridgehead atoms. The molecule has 8 atom stereocenters. The van der Waals surface area contributed by atoms with Crippen molar-refractivity contribution in [2.75, 3.05) is 0 Å². The lowest BCUT2D eigenvalue weighted by molar-refractivity contribution is -0.346. The van der Waals surface area contributed by atoms with Crippen molar-refractivity contribution in [1.82, 2.24) is 0 Å². The van der Waals surface area contributed by atoms with Crippen LogP contribution in [0, 0.1) is 34.5 Å². The van der Waals surface area contributed by atoms with E-state index in [4.69, 9.17) is 0 Å². The summed E-state index contributed by atoms with van der Waals surface area (Å²) < 4.78 is 0. The standard InChI is InChI=1S/C15H22O4/c1-7-10-12(3)4-5-13(8(2)11(16)17)9(12)6-14(7,18)15(10,13)19/h7-10,18-19H,4-6H2,1-3H3,(H,16,17)/t7-,8+,9-,10+,12-,13-,14-,15-/m0/s1. The van der Waals surface area contributed by atoms with Gasteiger partial charge in [0, 0.05) is 11.3 Å². The first-order valence-electron chi connectivity index (χ1n) is 7.35. The Morgan fingerprint density at radius 3 is 2.53 bits per heavy atom. The Morgan fingerprint density at radius 2 is 1.95 bits per heavy atom. The zero-order valence-electron chi connectivity index (χ0n) is 11.7. The smallest absolute Gasteiger partial charge is 0.306 e. The maximum atomic E-state index is 11.5. The quantitative estimate of drug-likeness (QED) is 0.703. The zero-order chi connectivity index (χ0) is 14.0. The summed E-state index contributed by atoms with van der Waals surface area (Å²) >= 11 is 0. The maximum Gasteiger partial charge on any atom is 0.306 e. The van der Waals surface area contributed by atoms with Crippen molar-refractivity contribution in [1.29, 1.82) is 0 Å². The third kappa shape index (κ3) is 0.765. The number of aliphatic hydroxyl groups is 2. The van der Waals surface area contributed by atoms with Crippen LogP contribution in [-0.4, -0.2) is 32.5 Å². The Bertz CT molecular complexity index is 504. The molecule has 0 spiro atoms. The number of fused-ring (bicyclic) bond motifs is 1. The molecule has 0 unspecified atom stereocenters. The van der Waals surface area contributed by atoms with Gasteiger partial charge in [-0.2, -0.15) is 0 Å². The van der Waals surface area contributed by atoms with Gasteiger partial charge >= 0.3 is 5.97 Å². The molecule has 0 aromatic rings. The summed E-state index contributed by atoms with van der Waals surface area (Å²) in [4.78, 5) is 11.5. The Kier molecular flexibility index (Phi) is 1.74. The van der Waals surface area contributed by atoms with Crippen LogP contribution < -0.4 is 0 Å². The van der Waals surface area contributed by atoms with Crippen molar-refractivity contribution >= 4 is 5.97 Å². The van der Waals surface area contributed by atoms with E-state index in [-0.39, 0.29) is 23.2 Å². The third-order valence-corrected chi connectivity index (χ3v) is 7.94. The van der Waals surface area contributed by atoms with E-state index in [2.05, 4.69) is 6.92 Å². The van der Waals surface area contributed by atoms with Crippen LogP contribution >= 0.6 is 0 Å². The van der Waals surface area contributed by atoms with Crippen molar-refractivity contribution in [3.05, 3.63) is 0 Å². The molecule has 0 aromatic heterocycles. The molecule has 4 saturated carbocycles. The van der Waals surface area contributed by atoms with Gasteiger partial charge in [0.15, 0.2) is 0 Å². The number of hydrogen-bond donors (Lipinski definition) is 3. The first-order valence-corrected chi connectivity index (χ1v) is 7.35. The monoisotopic (exact) mass is 266 g/mol. The van der Waals surface area contributed by atoms with Gasteiger partial charge in [-0.3, -0.25) is 4.79 Å². The fourth-order valence-electron chi connectivity index (χ4n) is 7.28. The minimum absolute atomic E-state index is 0.0162. The van der Waals surface area contributed by atoms with Gasteiger partial charge < -0.3 is 15.3 Å². The predicted molar refractivity (Wildman–Crippen MR) is 67.2 cm³/mol. The van der Waals surface area contributed by atoms with Crippen LogP contribution in [0.2, 0.25) is 0 Å². The largest absolute Gasteiger partial charge is 0.481 e. The Hall–Kier alpha value is -0.610. The number of carboxylic acids is 1. The molecule has 0 aromatic carbocycles. The van der Waals surface area contributed by atoms with Crippen LogP contribution in [0.25, 0.3) is 0 Å². The fourth-order valence-corrected chi connectivity index (χ4v) is 7.28. The number of carboxylic acid groups (broad SMARTS) is 1. The van der Waals surface area contributed by atoms with E-state index in [1.54, 1.807) is 6.92 Å². The molecule has 0 radical (unpaired) electrons. The molecule has 0 heterocycles. The van der Waals surface area contributed by atoms with Gasteiger partial charge in [-0.05, 0) is 36.5 Å². The first kappa shape index (κ1) is 12.2. The second-order valence-corrected chi connectivity index (χ2v) is 7.82. The summed E-state index contributed by atoms with van der Waals surface area (Å²) in [5.41, 5.74) is -2.82. The van der Waals surface area contributed by atoms with Crippen LogP contribution in [-0.2, 0) is 4.79 Å². The highest BCUT2D eigenvalue weighted by Gasteiger charge is 2.95.